The summed E-state index contributed by atoms with van der Waals surface area (Å²) < 4.78 is 10.9. The maximum Gasteiger partial charge on any atom is 0.127 e. The second kappa shape index (κ2) is 5.81. The minimum absolute atomic E-state index is 0.160. The van der Waals surface area contributed by atoms with E-state index in [1.807, 2.05) is 20.8 Å². The van der Waals surface area contributed by atoms with Crippen LogP contribution >= 0.6 is 0 Å². The number of hydrogen-bond acceptors (Lipinski definition) is 4. The Hall–Kier alpha value is -0.630. The van der Waals surface area contributed by atoms with Gasteiger partial charge in [-0.1, -0.05) is 0 Å². The molecule has 1 saturated carbocycles. The first-order valence-electron chi connectivity index (χ1n) is 6.23. The molecular formula is C13H24N2O2. The molecule has 0 saturated heterocycles. The van der Waals surface area contributed by atoms with Gasteiger partial charge in [-0.25, -0.2) is 0 Å². The summed E-state index contributed by atoms with van der Waals surface area (Å²) in [7, 11) is 1.70. The van der Waals surface area contributed by atoms with Gasteiger partial charge in [-0.2, -0.15) is 5.26 Å². The van der Waals surface area contributed by atoms with Crippen molar-refractivity contribution < 1.29 is 9.47 Å². The number of nitrogens with zero attached hydrogens (tertiary/aromatic N) is 1. The number of nitriles is 1. The van der Waals surface area contributed by atoms with Gasteiger partial charge >= 0.3 is 0 Å². The van der Waals surface area contributed by atoms with Gasteiger partial charge in [-0.3, -0.25) is 5.32 Å². The molecule has 0 aromatic carbocycles. The Labute approximate surface area is 104 Å². The second-order valence-electron chi connectivity index (χ2n) is 5.63. The maximum atomic E-state index is 9.15. The predicted molar refractivity (Wildman–Crippen MR) is 66.7 cm³/mol. The lowest BCUT2D eigenvalue weighted by Crippen LogP contribution is -2.46. The summed E-state index contributed by atoms with van der Waals surface area (Å²) in [5.74, 6) is 0. The summed E-state index contributed by atoms with van der Waals surface area (Å²) in [5, 5.41) is 12.5. The van der Waals surface area contributed by atoms with Crippen LogP contribution in [-0.2, 0) is 9.47 Å². The van der Waals surface area contributed by atoms with Crippen molar-refractivity contribution in [3.8, 4) is 6.07 Å². The zero-order valence-corrected chi connectivity index (χ0v) is 11.4. The Morgan fingerprint density at radius 1 is 1.35 bits per heavy atom. The topological polar surface area (TPSA) is 54.3 Å². The van der Waals surface area contributed by atoms with E-state index in [4.69, 9.17) is 14.7 Å². The van der Waals surface area contributed by atoms with Crippen LogP contribution in [0.3, 0.4) is 0 Å². The Morgan fingerprint density at radius 2 is 2.00 bits per heavy atom. The van der Waals surface area contributed by atoms with Gasteiger partial charge in [0.05, 0.1) is 18.3 Å². The highest BCUT2D eigenvalue weighted by Gasteiger charge is 2.32. The second-order valence-corrected chi connectivity index (χ2v) is 5.63. The van der Waals surface area contributed by atoms with Gasteiger partial charge in [0.25, 0.3) is 0 Å². The lowest BCUT2D eigenvalue weighted by atomic mass is 10.1. The highest BCUT2D eigenvalue weighted by Crippen LogP contribution is 2.22. The van der Waals surface area contributed by atoms with Crippen molar-refractivity contribution in [1.29, 1.82) is 5.26 Å². The minimum Gasteiger partial charge on any atom is -0.379 e. The average molecular weight is 240 g/mol. The van der Waals surface area contributed by atoms with Crippen LogP contribution in [0.5, 0.6) is 0 Å². The molecule has 1 rings (SSSR count). The molecule has 1 atom stereocenters. The largest absolute Gasteiger partial charge is 0.379 e. The molecule has 1 aliphatic carbocycles. The first-order chi connectivity index (χ1) is 7.91. The van der Waals surface area contributed by atoms with Crippen molar-refractivity contribution in [3.05, 3.63) is 0 Å². The summed E-state index contributed by atoms with van der Waals surface area (Å²) in [5.41, 5.74) is -0.717. The SMILES string of the molecule is COC(C)(C)CCOCC(C)(C#N)NC1CC1. The van der Waals surface area contributed by atoms with E-state index in [2.05, 4.69) is 11.4 Å². The van der Waals surface area contributed by atoms with Gasteiger partial charge in [0.15, 0.2) is 0 Å². The van der Waals surface area contributed by atoms with Gasteiger partial charge in [-0.15, -0.1) is 0 Å². The van der Waals surface area contributed by atoms with Crippen LogP contribution in [0, 0.1) is 11.3 Å². The predicted octanol–water partition coefficient (Wildman–Crippen LogP) is 1.85. The van der Waals surface area contributed by atoms with E-state index >= 15 is 0 Å². The third kappa shape index (κ3) is 5.49. The standard InChI is InChI=1S/C13H24N2O2/c1-12(2,16-4)7-8-17-10-13(3,9-14)15-11-5-6-11/h11,15H,5-8,10H2,1-4H3. The van der Waals surface area contributed by atoms with Crippen LogP contribution in [0.1, 0.15) is 40.0 Å². The number of ether oxygens (including phenoxy) is 2. The molecule has 1 N–H and O–H groups in total. The van der Waals surface area contributed by atoms with Crippen LogP contribution in [-0.4, -0.2) is 37.5 Å². The highest BCUT2D eigenvalue weighted by atomic mass is 16.5. The third-order valence-corrected chi connectivity index (χ3v) is 3.14. The van der Waals surface area contributed by atoms with Gasteiger partial charge < -0.3 is 9.47 Å². The van der Waals surface area contributed by atoms with Crippen molar-refractivity contribution in [2.75, 3.05) is 20.3 Å². The first kappa shape index (κ1) is 14.4. The molecule has 17 heavy (non-hydrogen) atoms. The average Bonchev–Trinajstić information content (AvgIpc) is 3.08. The van der Waals surface area contributed by atoms with Gasteiger partial charge in [0, 0.05) is 19.8 Å². The fourth-order valence-corrected chi connectivity index (χ4v) is 1.48. The first-order valence-corrected chi connectivity index (χ1v) is 6.23. The van der Waals surface area contributed by atoms with E-state index in [0.717, 1.165) is 6.42 Å². The maximum absolute atomic E-state index is 9.15. The van der Waals surface area contributed by atoms with Gasteiger partial charge in [0.2, 0.25) is 0 Å². The summed E-state index contributed by atoms with van der Waals surface area (Å²) in [6, 6.07) is 2.81. The lowest BCUT2D eigenvalue weighted by molar-refractivity contribution is -0.0147. The van der Waals surface area contributed by atoms with E-state index in [1.54, 1.807) is 7.11 Å². The van der Waals surface area contributed by atoms with Crippen LogP contribution in [0.2, 0.25) is 0 Å². The van der Waals surface area contributed by atoms with Crippen molar-refractivity contribution in [2.24, 2.45) is 0 Å². The van der Waals surface area contributed by atoms with E-state index in [9.17, 15) is 0 Å². The molecule has 1 fully saturated rings. The van der Waals surface area contributed by atoms with Crippen LogP contribution < -0.4 is 5.32 Å². The van der Waals surface area contributed by atoms with E-state index in [-0.39, 0.29) is 5.60 Å². The van der Waals surface area contributed by atoms with Crippen molar-refractivity contribution in [3.63, 3.8) is 0 Å². The summed E-state index contributed by atoms with van der Waals surface area (Å²) >= 11 is 0. The van der Waals surface area contributed by atoms with Crippen LogP contribution in [0.4, 0.5) is 0 Å². The Morgan fingerprint density at radius 3 is 2.47 bits per heavy atom. The molecule has 0 amide bonds. The zero-order chi connectivity index (χ0) is 12.9. The Bertz CT molecular complexity index is 282. The van der Waals surface area contributed by atoms with Crippen molar-refractivity contribution >= 4 is 0 Å². The van der Waals surface area contributed by atoms with Crippen molar-refractivity contribution in [2.45, 2.75) is 57.2 Å². The molecule has 0 heterocycles. The smallest absolute Gasteiger partial charge is 0.127 e. The minimum atomic E-state index is -0.557. The molecule has 1 unspecified atom stereocenters. The van der Waals surface area contributed by atoms with Crippen molar-refractivity contribution in [1.82, 2.24) is 5.32 Å². The molecule has 0 aromatic rings. The third-order valence-electron chi connectivity index (χ3n) is 3.14. The number of hydrogen-bond donors (Lipinski definition) is 1. The monoisotopic (exact) mass is 240 g/mol. The fraction of sp³-hybridized carbons (Fsp3) is 0.923. The molecule has 4 nitrogen and oxygen atoms in total. The quantitative estimate of drug-likeness (QED) is 0.658. The van der Waals surface area contributed by atoms with Gasteiger partial charge in [0.1, 0.15) is 5.54 Å². The molecule has 0 bridgehead atoms. The summed E-state index contributed by atoms with van der Waals surface area (Å²) in [6.07, 6.45) is 3.18. The normalized spacial score (nSPS) is 19.7. The number of nitrogens with one attached hydrogen (secondary N) is 1. The Balaban J connectivity index is 2.21. The molecule has 0 radical (unpaired) electrons. The summed E-state index contributed by atoms with van der Waals surface area (Å²) in [4.78, 5) is 0. The number of rotatable bonds is 8. The van der Waals surface area contributed by atoms with Crippen LogP contribution in [0.15, 0.2) is 0 Å². The van der Waals surface area contributed by atoms with E-state index in [1.165, 1.54) is 12.8 Å². The van der Waals surface area contributed by atoms with E-state index in [0.29, 0.717) is 19.3 Å². The molecule has 98 valence electrons. The lowest BCUT2D eigenvalue weighted by Gasteiger charge is -2.26. The fourth-order valence-electron chi connectivity index (χ4n) is 1.48. The molecule has 4 heteroatoms. The Kier molecular flexibility index (Phi) is 4.93. The molecule has 0 aliphatic heterocycles. The van der Waals surface area contributed by atoms with Crippen LogP contribution in [0.25, 0.3) is 0 Å². The zero-order valence-electron chi connectivity index (χ0n) is 11.4. The highest BCUT2D eigenvalue weighted by molar-refractivity contribution is 5.07. The van der Waals surface area contributed by atoms with Gasteiger partial charge in [-0.05, 0) is 40.0 Å². The molecular weight excluding hydrogens is 216 g/mol. The van der Waals surface area contributed by atoms with E-state index < -0.39 is 5.54 Å². The summed E-state index contributed by atoms with van der Waals surface area (Å²) in [6.45, 7) is 7.00. The molecule has 0 aromatic heterocycles. The molecule has 0 spiro atoms. The molecule has 1 aliphatic rings. The number of methoxy groups -OCH3 is 1.